The average molecular weight is 371 g/mol. The van der Waals surface area contributed by atoms with Crippen molar-refractivity contribution in [1.82, 2.24) is 9.55 Å². The molecular formula is C12H4Cl2F4N2O3. The van der Waals surface area contributed by atoms with E-state index in [1.165, 1.54) is 4.98 Å². The van der Waals surface area contributed by atoms with E-state index in [9.17, 15) is 31.9 Å². The van der Waals surface area contributed by atoms with Crippen LogP contribution in [0.4, 0.5) is 17.6 Å². The first kappa shape index (κ1) is 17.2. The van der Waals surface area contributed by atoms with Crippen LogP contribution in [0.3, 0.4) is 0 Å². The average Bonchev–Trinajstić information content (AvgIpc) is 2.38. The number of hydrogen-bond acceptors (Lipinski definition) is 3. The number of H-pyrrole nitrogens is 1. The first-order chi connectivity index (χ1) is 10.5. The van der Waals surface area contributed by atoms with Crippen molar-refractivity contribution in [2.24, 2.45) is 0 Å². The molecule has 0 aliphatic carbocycles. The Balaban J connectivity index is 2.79. The largest absolute Gasteiger partial charge is 0.431 e. The second-order valence-electron chi connectivity index (χ2n) is 4.22. The Morgan fingerprint density at radius 3 is 2.26 bits per heavy atom. The maximum absolute atomic E-state index is 13.9. The first-order valence-corrected chi connectivity index (χ1v) is 6.41. The third-order valence-electron chi connectivity index (χ3n) is 2.73. The molecule has 0 aliphatic heterocycles. The summed E-state index contributed by atoms with van der Waals surface area (Å²) in [5.41, 5.74) is -5.77. The summed E-state index contributed by atoms with van der Waals surface area (Å²) in [7, 11) is 0. The van der Waals surface area contributed by atoms with Gasteiger partial charge in [0.25, 0.3) is 10.8 Å². The van der Waals surface area contributed by atoms with Crippen LogP contribution < -0.4 is 11.2 Å². The molecule has 0 bridgehead atoms. The summed E-state index contributed by atoms with van der Waals surface area (Å²) in [6, 6.07) is 1.38. The van der Waals surface area contributed by atoms with E-state index in [-0.39, 0.29) is 15.7 Å². The Morgan fingerprint density at radius 2 is 1.78 bits per heavy atom. The zero-order valence-corrected chi connectivity index (χ0v) is 12.2. The highest BCUT2D eigenvalue weighted by Gasteiger charge is 2.33. The van der Waals surface area contributed by atoms with E-state index in [0.717, 1.165) is 0 Å². The van der Waals surface area contributed by atoms with Gasteiger partial charge in [0.15, 0.2) is 0 Å². The van der Waals surface area contributed by atoms with Crippen LogP contribution in [0.1, 0.15) is 16.1 Å². The summed E-state index contributed by atoms with van der Waals surface area (Å²) < 4.78 is 51.5. The summed E-state index contributed by atoms with van der Waals surface area (Å²) in [5, 5.41) is -1.49. The lowest BCUT2D eigenvalue weighted by atomic mass is 10.2. The topological polar surface area (TPSA) is 71.9 Å². The monoisotopic (exact) mass is 370 g/mol. The number of carbonyl (C=O) groups is 1. The van der Waals surface area contributed by atoms with Gasteiger partial charge in [-0.3, -0.25) is 9.59 Å². The SMILES string of the molecule is O=C(Cl)c1cc(-n2c(=O)cc(C(F)(F)F)[nH]c2=O)c(F)cc1Cl. The van der Waals surface area contributed by atoms with E-state index >= 15 is 0 Å². The fourth-order valence-electron chi connectivity index (χ4n) is 1.74. The minimum Gasteiger partial charge on any atom is -0.303 e. The molecule has 0 atom stereocenters. The molecule has 0 aliphatic rings. The molecule has 1 aromatic carbocycles. The predicted molar refractivity (Wildman–Crippen MR) is 72.8 cm³/mol. The Hall–Kier alpha value is -2.13. The number of hydrogen-bond donors (Lipinski definition) is 1. The molecule has 1 heterocycles. The van der Waals surface area contributed by atoms with Crippen molar-refractivity contribution >= 4 is 28.4 Å². The van der Waals surface area contributed by atoms with Gasteiger partial charge < -0.3 is 4.98 Å². The van der Waals surface area contributed by atoms with Crippen LogP contribution in [-0.4, -0.2) is 14.8 Å². The second-order valence-corrected chi connectivity index (χ2v) is 4.97. The van der Waals surface area contributed by atoms with E-state index in [2.05, 4.69) is 0 Å². The van der Waals surface area contributed by atoms with Crippen LogP contribution in [0, 0.1) is 5.82 Å². The molecule has 2 aromatic rings. The number of benzene rings is 1. The molecule has 0 amide bonds. The highest BCUT2D eigenvalue weighted by Crippen LogP contribution is 2.26. The molecule has 0 saturated carbocycles. The molecule has 0 unspecified atom stereocenters. The van der Waals surface area contributed by atoms with E-state index < -0.39 is 45.4 Å². The lowest BCUT2D eigenvalue weighted by molar-refractivity contribution is -0.141. The number of nitrogens with one attached hydrogen (secondary N) is 1. The standard InChI is InChI=1S/C12H4Cl2F4N2O3/c13-5-2-6(15)7(1-4(5)10(14)22)20-9(21)3-8(12(16,17)18)19-11(20)23/h1-3H,(H,19,23). The summed E-state index contributed by atoms with van der Waals surface area (Å²) in [5.74, 6) is -1.20. The van der Waals surface area contributed by atoms with Gasteiger partial charge in [-0.1, -0.05) is 11.6 Å². The molecule has 0 spiro atoms. The van der Waals surface area contributed by atoms with E-state index in [1.807, 2.05) is 0 Å². The van der Waals surface area contributed by atoms with Gasteiger partial charge in [-0.05, 0) is 23.7 Å². The lowest BCUT2D eigenvalue weighted by Crippen LogP contribution is -2.36. The van der Waals surface area contributed by atoms with Crippen LogP contribution >= 0.6 is 23.2 Å². The number of aromatic nitrogens is 2. The van der Waals surface area contributed by atoms with Crippen molar-refractivity contribution < 1.29 is 22.4 Å². The molecule has 11 heteroatoms. The molecule has 0 fully saturated rings. The first-order valence-electron chi connectivity index (χ1n) is 5.65. The zero-order valence-electron chi connectivity index (χ0n) is 10.7. The van der Waals surface area contributed by atoms with Crippen LogP contribution in [0.25, 0.3) is 5.69 Å². The maximum Gasteiger partial charge on any atom is 0.431 e. The van der Waals surface area contributed by atoms with E-state index in [0.29, 0.717) is 12.1 Å². The van der Waals surface area contributed by atoms with Crippen LogP contribution in [-0.2, 0) is 6.18 Å². The summed E-state index contributed by atoms with van der Waals surface area (Å²) in [4.78, 5) is 36.0. The maximum atomic E-state index is 13.9. The Morgan fingerprint density at radius 1 is 1.17 bits per heavy atom. The molecule has 1 aromatic heterocycles. The third-order valence-corrected chi connectivity index (χ3v) is 3.24. The van der Waals surface area contributed by atoms with Crippen LogP contribution in [0.2, 0.25) is 5.02 Å². The van der Waals surface area contributed by atoms with Crippen molar-refractivity contribution in [3.63, 3.8) is 0 Å². The highest BCUT2D eigenvalue weighted by molar-refractivity contribution is 6.68. The fraction of sp³-hybridized carbons (Fsp3) is 0.0833. The van der Waals surface area contributed by atoms with Gasteiger partial charge in [-0.15, -0.1) is 0 Å². The van der Waals surface area contributed by atoms with Gasteiger partial charge in [0.05, 0.1) is 16.3 Å². The smallest absolute Gasteiger partial charge is 0.303 e. The highest BCUT2D eigenvalue weighted by atomic mass is 35.5. The fourth-order valence-corrected chi connectivity index (χ4v) is 2.18. The number of alkyl halides is 3. The Labute approximate surface area is 134 Å². The van der Waals surface area contributed by atoms with E-state index in [4.69, 9.17) is 23.2 Å². The van der Waals surface area contributed by atoms with Gasteiger partial charge in [-0.25, -0.2) is 13.8 Å². The molecule has 5 nitrogen and oxygen atoms in total. The third kappa shape index (κ3) is 3.30. The summed E-state index contributed by atoms with van der Waals surface area (Å²) in [6.07, 6.45) is -4.97. The lowest BCUT2D eigenvalue weighted by Gasteiger charge is -2.10. The minimum absolute atomic E-state index is 0.0810. The molecule has 2 rings (SSSR count). The van der Waals surface area contributed by atoms with Gasteiger partial charge in [-0.2, -0.15) is 13.2 Å². The minimum atomic E-state index is -4.97. The molecule has 1 N–H and O–H groups in total. The molecular weight excluding hydrogens is 367 g/mol. The summed E-state index contributed by atoms with van der Waals surface area (Å²) in [6.45, 7) is 0. The molecule has 122 valence electrons. The molecule has 0 radical (unpaired) electrons. The van der Waals surface area contributed by atoms with Crippen molar-refractivity contribution in [2.75, 3.05) is 0 Å². The van der Waals surface area contributed by atoms with Gasteiger partial charge >= 0.3 is 11.9 Å². The number of nitrogens with zero attached hydrogens (tertiary/aromatic N) is 1. The van der Waals surface area contributed by atoms with Crippen molar-refractivity contribution in [1.29, 1.82) is 0 Å². The normalized spacial score (nSPS) is 11.6. The second kappa shape index (κ2) is 5.82. The quantitative estimate of drug-likeness (QED) is 0.652. The Kier molecular flexibility index (Phi) is 4.36. The number of rotatable bonds is 2. The summed E-state index contributed by atoms with van der Waals surface area (Å²) >= 11 is 10.8. The number of carbonyl (C=O) groups excluding carboxylic acids is 1. The molecule has 0 saturated heterocycles. The molecule has 23 heavy (non-hydrogen) atoms. The van der Waals surface area contributed by atoms with Crippen molar-refractivity contribution in [3.8, 4) is 5.69 Å². The van der Waals surface area contributed by atoms with Gasteiger partial charge in [0, 0.05) is 6.07 Å². The van der Waals surface area contributed by atoms with Crippen LogP contribution in [0.15, 0.2) is 27.8 Å². The van der Waals surface area contributed by atoms with Crippen LogP contribution in [0.5, 0.6) is 0 Å². The van der Waals surface area contributed by atoms with Crippen molar-refractivity contribution in [3.05, 3.63) is 61.1 Å². The van der Waals surface area contributed by atoms with Gasteiger partial charge in [0.1, 0.15) is 11.5 Å². The van der Waals surface area contributed by atoms with Crippen molar-refractivity contribution in [2.45, 2.75) is 6.18 Å². The predicted octanol–water partition coefficient (Wildman–Crippen LogP) is 2.72. The zero-order chi connectivity index (χ0) is 17.5. The number of aromatic amines is 1. The van der Waals surface area contributed by atoms with Gasteiger partial charge in [0.2, 0.25) is 0 Å². The Bertz CT molecular complexity index is 887. The van der Waals surface area contributed by atoms with E-state index in [1.54, 1.807) is 0 Å². The number of halogens is 6.